The lowest BCUT2D eigenvalue weighted by atomic mass is 9.74. The normalized spacial score (nSPS) is 26.7. The maximum atomic E-state index is 12.8. The van der Waals surface area contributed by atoms with Gasteiger partial charge in [-0.1, -0.05) is 35.5 Å². The van der Waals surface area contributed by atoms with Crippen LogP contribution in [0.15, 0.2) is 35.5 Å². The van der Waals surface area contributed by atoms with E-state index in [1.165, 1.54) is 0 Å². The Hall–Kier alpha value is -1.52. The van der Waals surface area contributed by atoms with E-state index in [9.17, 15) is 13.2 Å². The molecular weight excluding hydrogens is 243 g/mol. The summed E-state index contributed by atoms with van der Waals surface area (Å²) in [6.45, 7) is 0. The summed E-state index contributed by atoms with van der Waals surface area (Å²) in [7, 11) is 0. The largest absolute Gasteiger partial charge is 0.411 e. The molecule has 2 nitrogen and oxygen atoms in total. The number of rotatable bonds is 2. The zero-order chi connectivity index (χ0) is 13.2. The van der Waals surface area contributed by atoms with Crippen molar-refractivity contribution in [2.24, 2.45) is 5.16 Å². The fourth-order valence-corrected chi connectivity index (χ4v) is 2.79. The number of hydrogen-bond acceptors (Lipinski definition) is 2. The minimum Gasteiger partial charge on any atom is -0.411 e. The monoisotopic (exact) mass is 257 g/mol. The van der Waals surface area contributed by atoms with E-state index >= 15 is 0 Å². The number of hydrogen-bond donors (Lipinski definition) is 1. The Kier molecular flexibility index (Phi) is 3.32. The van der Waals surface area contributed by atoms with Crippen LogP contribution in [0.25, 0.3) is 0 Å². The second-order valence-electron chi connectivity index (χ2n) is 4.64. The highest BCUT2D eigenvalue weighted by Gasteiger charge is 2.49. The molecule has 0 amide bonds. The fraction of sp³-hybridized carbons (Fsp3) is 0.462. The van der Waals surface area contributed by atoms with Gasteiger partial charge >= 0.3 is 6.18 Å². The number of nitrogens with zero attached hydrogens (tertiary/aromatic N) is 1. The number of halogens is 3. The lowest BCUT2D eigenvalue weighted by Gasteiger charge is -2.30. The molecule has 1 fully saturated rings. The zero-order valence-electron chi connectivity index (χ0n) is 9.74. The van der Waals surface area contributed by atoms with E-state index in [2.05, 4.69) is 5.16 Å². The van der Waals surface area contributed by atoms with Crippen LogP contribution in [0.2, 0.25) is 0 Å². The molecule has 0 bridgehead atoms. The molecule has 0 spiro atoms. The third-order valence-electron chi connectivity index (χ3n) is 3.52. The summed E-state index contributed by atoms with van der Waals surface area (Å²) in [5.41, 5.74) is -0.368. The van der Waals surface area contributed by atoms with Gasteiger partial charge in [-0.15, -0.1) is 0 Å². The lowest BCUT2D eigenvalue weighted by molar-refractivity contribution is -0.143. The molecule has 1 aromatic carbocycles. The molecule has 5 heteroatoms. The lowest BCUT2D eigenvalue weighted by Crippen LogP contribution is -2.36. The van der Waals surface area contributed by atoms with Crippen LogP contribution in [0.5, 0.6) is 0 Å². The summed E-state index contributed by atoms with van der Waals surface area (Å²) in [4.78, 5) is 0. The average Bonchev–Trinajstić information content (AvgIpc) is 2.72. The molecule has 98 valence electrons. The summed E-state index contributed by atoms with van der Waals surface area (Å²) in [5, 5.41) is 12.1. The molecule has 0 saturated heterocycles. The van der Waals surface area contributed by atoms with Crippen molar-refractivity contribution in [1.82, 2.24) is 0 Å². The second-order valence-corrected chi connectivity index (χ2v) is 4.64. The molecule has 2 rings (SSSR count). The molecule has 1 aliphatic rings. The Morgan fingerprint density at radius 3 is 2.44 bits per heavy atom. The Bertz CT molecular complexity index is 441. The third-order valence-corrected chi connectivity index (χ3v) is 3.52. The van der Waals surface area contributed by atoms with E-state index in [-0.39, 0.29) is 5.71 Å². The van der Waals surface area contributed by atoms with Crippen LogP contribution in [0, 0.1) is 0 Å². The van der Waals surface area contributed by atoms with Crippen molar-refractivity contribution < 1.29 is 18.4 Å². The number of benzene rings is 1. The van der Waals surface area contributed by atoms with Crippen molar-refractivity contribution >= 4 is 5.71 Å². The van der Waals surface area contributed by atoms with Gasteiger partial charge in [0.2, 0.25) is 0 Å². The zero-order valence-corrected chi connectivity index (χ0v) is 9.74. The molecule has 1 saturated carbocycles. The molecule has 0 aromatic heterocycles. The molecule has 1 atom stereocenters. The Morgan fingerprint density at radius 1 is 1.22 bits per heavy atom. The van der Waals surface area contributed by atoms with Crippen molar-refractivity contribution in [3.8, 4) is 0 Å². The van der Waals surface area contributed by atoms with Gasteiger partial charge in [-0.25, -0.2) is 0 Å². The molecule has 18 heavy (non-hydrogen) atoms. The maximum absolute atomic E-state index is 12.8. The van der Waals surface area contributed by atoms with Crippen molar-refractivity contribution in [1.29, 1.82) is 0 Å². The molecular formula is C13H14F3NO. The van der Waals surface area contributed by atoms with Crippen LogP contribution >= 0.6 is 0 Å². The summed E-state index contributed by atoms with van der Waals surface area (Å²) in [6.07, 6.45) is -3.85. The molecule has 1 N–H and O–H groups in total. The van der Waals surface area contributed by atoms with Crippen molar-refractivity contribution in [3.05, 3.63) is 35.9 Å². The molecule has 0 radical (unpaired) electrons. The Balaban J connectivity index is 2.47. The highest BCUT2D eigenvalue weighted by molar-refractivity contribution is 5.96. The first kappa shape index (κ1) is 12.9. The molecule has 0 aliphatic heterocycles. The first-order valence-corrected chi connectivity index (χ1v) is 5.82. The quantitative estimate of drug-likeness (QED) is 0.632. The van der Waals surface area contributed by atoms with Crippen LogP contribution < -0.4 is 0 Å². The fourth-order valence-electron chi connectivity index (χ4n) is 2.79. The van der Waals surface area contributed by atoms with E-state index in [1.807, 2.05) is 0 Å². The SMILES string of the molecule is O/N=C1\CCCC1(CC(F)(F)F)c1ccccc1. The summed E-state index contributed by atoms with van der Waals surface area (Å²) >= 11 is 0. The van der Waals surface area contributed by atoms with Crippen LogP contribution in [0.4, 0.5) is 13.2 Å². The molecule has 1 aromatic rings. The van der Waals surface area contributed by atoms with Crippen LogP contribution in [-0.4, -0.2) is 17.1 Å². The minimum absolute atomic E-state index is 0.242. The van der Waals surface area contributed by atoms with Crippen LogP contribution in [0.3, 0.4) is 0 Å². The summed E-state index contributed by atoms with van der Waals surface area (Å²) in [6, 6.07) is 8.52. The topological polar surface area (TPSA) is 32.6 Å². The van der Waals surface area contributed by atoms with Gasteiger partial charge in [0.05, 0.1) is 12.1 Å². The van der Waals surface area contributed by atoms with Gasteiger partial charge in [0.15, 0.2) is 0 Å². The van der Waals surface area contributed by atoms with Crippen LogP contribution in [-0.2, 0) is 5.41 Å². The van der Waals surface area contributed by atoms with Gasteiger partial charge in [0.25, 0.3) is 0 Å². The standard InChI is InChI=1S/C13H14F3NO/c14-13(15,16)9-12(8-4-7-11(12)17-18)10-5-2-1-3-6-10/h1-3,5-6,18H,4,7-9H2/b17-11+. The summed E-state index contributed by atoms with van der Waals surface area (Å²) in [5.74, 6) is 0. The van der Waals surface area contributed by atoms with Gasteiger partial charge in [-0.3, -0.25) is 0 Å². The third kappa shape index (κ3) is 2.35. The van der Waals surface area contributed by atoms with E-state index < -0.39 is 18.0 Å². The highest BCUT2D eigenvalue weighted by atomic mass is 19.4. The number of alkyl halides is 3. The second kappa shape index (κ2) is 4.63. The minimum atomic E-state index is -4.28. The van der Waals surface area contributed by atoms with Gasteiger partial charge in [-0.05, 0) is 24.8 Å². The average molecular weight is 257 g/mol. The predicted molar refractivity (Wildman–Crippen MR) is 61.9 cm³/mol. The molecule has 1 unspecified atom stereocenters. The van der Waals surface area contributed by atoms with Crippen molar-refractivity contribution in [2.75, 3.05) is 0 Å². The van der Waals surface area contributed by atoms with E-state index in [1.54, 1.807) is 30.3 Å². The molecule has 0 heterocycles. The highest BCUT2D eigenvalue weighted by Crippen LogP contribution is 2.46. The van der Waals surface area contributed by atoms with E-state index in [0.29, 0.717) is 24.8 Å². The van der Waals surface area contributed by atoms with E-state index in [0.717, 1.165) is 0 Å². The van der Waals surface area contributed by atoms with Gasteiger partial charge in [0, 0.05) is 5.41 Å². The Labute approximate surface area is 103 Å². The summed E-state index contributed by atoms with van der Waals surface area (Å²) < 4.78 is 38.4. The van der Waals surface area contributed by atoms with E-state index in [4.69, 9.17) is 5.21 Å². The smallest absolute Gasteiger partial charge is 0.390 e. The van der Waals surface area contributed by atoms with Gasteiger partial charge in [-0.2, -0.15) is 13.2 Å². The van der Waals surface area contributed by atoms with Crippen molar-refractivity contribution in [3.63, 3.8) is 0 Å². The van der Waals surface area contributed by atoms with Crippen LogP contribution in [0.1, 0.15) is 31.2 Å². The van der Waals surface area contributed by atoms with Gasteiger partial charge in [0.1, 0.15) is 0 Å². The molecule has 1 aliphatic carbocycles. The van der Waals surface area contributed by atoms with Gasteiger partial charge < -0.3 is 5.21 Å². The first-order valence-electron chi connectivity index (χ1n) is 5.82. The maximum Gasteiger partial charge on any atom is 0.390 e. The van der Waals surface area contributed by atoms with Crippen molar-refractivity contribution in [2.45, 2.75) is 37.3 Å². The first-order chi connectivity index (χ1) is 8.48. The number of oxime groups is 1. The predicted octanol–water partition coefficient (Wildman–Crippen LogP) is 3.89. The Morgan fingerprint density at radius 2 is 1.89 bits per heavy atom.